The lowest BCUT2D eigenvalue weighted by Gasteiger charge is -2.66. The number of fused-ring (bicyclic) bond motifs is 1. The number of likely N-dealkylation sites (tertiary alicyclic amines) is 2. The van der Waals surface area contributed by atoms with Crippen LogP contribution in [0.25, 0.3) is 0 Å². The average Bonchev–Trinajstić information content (AvgIpc) is 3.59. The number of hydrogen-bond donors (Lipinski definition) is 2. The summed E-state index contributed by atoms with van der Waals surface area (Å²) in [6.45, 7) is 2.39. The molecule has 8 rings (SSSR count). The molecule has 6 nitrogen and oxygen atoms in total. The Kier molecular flexibility index (Phi) is 3.95. The number of aliphatic hydroxyl groups is 1. The molecule has 4 bridgehead atoms. The van der Waals surface area contributed by atoms with E-state index in [1.54, 1.807) is 11.0 Å². The summed E-state index contributed by atoms with van der Waals surface area (Å²) in [6.07, 6.45) is 4.80. The van der Waals surface area contributed by atoms with Crippen LogP contribution in [0.15, 0.2) is 48.5 Å². The fraction of sp³-hybridized carbons (Fsp3) is 0.552. The largest absolute Gasteiger partial charge is 0.508 e. The van der Waals surface area contributed by atoms with Gasteiger partial charge in [0.25, 0.3) is 5.91 Å². The lowest BCUT2D eigenvalue weighted by molar-refractivity contribution is -0.224. The Morgan fingerprint density at radius 1 is 1.03 bits per heavy atom. The second-order valence-electron chi connectivity index (χ2n) is 11.9. The first-order valence-corrected chi connectivity index (χ1v) is 13.3. The first-order chi connectivity index (χ1) is 17.0. The molecule has 2 aromatic rings. The molecule has 2 aromatic carbocycles. The third-order valence-corrected chi connectivity index (χ3v) is 10.4. The molecule has 5 unspecified atom stereocenters. The molecule has 3 aliphatic carbocycles. The van der Waals surface area contributed by atoms with Gasteiger partial charge in [-0.05, 0) is 68.2 Å². The Labute approximate surface area is 205 Å². The van der Waals surface area contributed by atoms with Crippen LogP contribution in [0.4, 0.5) is 0 Å². The van der Waals surface area contributed by atoms with Crippen LogP contribution in [0.3, 0.4) is 0 Å². The van der Waals surface area contributed by atoms with Crippen molar-refractivity contribution in [2.45, 2.75) is 74.0 Å². The maximum Gasteiger partial charge on any atom is 0.254 e. The number of rotatable bonds is 4. The maximum absolute atomic E-state index is 13.9. The minimum Gasteiger partial charge on any atom is -0.508 e. The van der Waals surface area contributed by atoms with Crippen molar-refractivity contribution in [2.75, 3.05) is 13.1 Å². The molecule has 3 aliphatic heterocycles. The fourth-order valence-corrected chi connectivity index (χ4v) is 8.98. The molecule has 35 heavy (non-hydrogen) atoms. The fourth-order valence-electron chi connectivity index (χ4n) is 8.98. The van der Waals surface area contributed by atoms with Crippen molar-refractivity contribution >= 4 is 5.91 Å². The zero-order chi connectivity index (χ0) is 23.6. The molecule has 3 saturated heterocycles. The minimum atomic E-state index is -1.28. The summed E-state index contributed by atoms with van der Waals surface area (Å²) in [5.74, 6) is 0.593. The van der Waals surface area contributed by atoms with Crippen molar-refractivity contribution < 1.29 is 19.7 Å². The highest BCUT2D eigenvalue weighted by atomic mass is 16.5. The van der Waals surface area contributed by atoms with Gasteiger partial charge in [-0.25, -0.2) is 0 Å². The molecule has 6 heteroatoms. The van der Waals surface area contributed by atoms with E-state index in [-0.39, 0.29) is 17.9 Å². The van der Waals surface area contributed by atoms with Gasteiger partial charge in [-0.1, -0.05) is 42.5 Å². The van der Waals surface area contributed by atoms with E-state index in [0.29, 0.717) is 25.1 Å². The minimum absolute atomic E-state index is 0.0967. The van der Waals surface area contributed by atoms with Crippen LogP contribution in [0.1, 0.15) is 48.8 Å². The molecule has 2 saturated carbocycles. The highest BCUT2D eigenvalue weighted by Gasteiger charge is 2.83. The Morgan fingerprint density at radius 2 is 1.86 bits per heavy atom. The number of ether oxygens (including phenoxy) is 1. The second-order valence-corrected chi connectivity index (χ2v) is 11.9. The summed E-state index contributed by atoms with van der Waals surface area (Å²) in [6, 6.07) is 15.9. The number of aromatic hydroxyl groups is 1. The third kappa shape index (κ3) is 2.39. The molecule has 0 aromatic heterocycles. The molecule has 6 atom stereocenters. The van der Waals surface area contributed by atoms with Crippen molar-refractivity contribution in [3.63, 3.8) is 0 Å². The van der Waals surface area contributed by atoms with E-state index < -0.39 is 22.8 Å². The zero-order valence-corrected chi connectivity index (χ0v) is 19.9. The molecule has 0 radical (unpaired) electrons. The van der Waals surface area contributed by atoms with Gasteiger partial charge >= 0.3 is 0 Å². The lowest BCUT2D eigenvalue weighted by atomic mass is 9.45. The number of carbonyl (C=O) groups is 1. The monoisotopic (exact) mass is 472 g/mol. The van der Waals surface area contributed by atoms with Crippen LogP contribution in [0.2, 0.25) is 0 Å². The van der Waals surface area contributed by atoms with Gasteiger partial charge in [-0.15, -0.1) is 0 Å². The van der Waals surface area contributed by atoms with Crippen molar-refractivity contribution in [3.05, 3.63) is 65.2 Å². The Bertz CT molecular complexity index is 1230. The quantitative estimate of drug-likeness (QED) is 0.716. The molecular weight excluding hydrogens is 440 g/mol. The molecule has 182 valence electrons. The van der Waals surface area contributed by atoms with Gasteiger partial charge in [0.15, 0.2) is 0 Å². The summed E-state index contributed by atoms with van der Waals surface area (Å²) >= 11 is 0. The first kappa shape index (κ1) is 20.7. The Morgan fingerprint density at radius 3 is 2.66 bits per heavy atom. The summed E-state index contributed by atoms with van der Waals surface area (Å²) in [4.78, 5) is 18.3. The van der Waals surface area contributed by atoms with Crippen LogP contribution in [0.5, 0.6) is 5.75 Å². The number of hydrogen-bond acceptors (Lipinski definition) is 5. The van der Waals surface area contributed by atoms with Crippen molar-refractivity contribution in [2.24, 2.45) is 11.8 Å². The predicted molar refractivity (Wildman–Crippen MR) is 128 cm³/mol. The van der Waals surface area contributed by atoms with Crippen LogP contribution >= 0.6 is 0 Å². The molecular formula is C29H32N2O4. The summed E-state index contributed by atoms with van der Waals surface area (Å²) in [5, 5.41) is 23.7. The van der Waals surface area contributed by atoms with Crippen LogP contribution in [-0.4, -0.2) is 62.5 Å². The van der Waals surface area contributed by atoms with Gasteiger partial charge < -0.3 is 19.8 Å². The Hall–Kier alpha value is -2.41. The number of benzene rings is 2. The highest BCUT2D eigenvalue weighted by molar-refractivity contribution is 5.87. The molecule has 0 spiro atoms. The molecule has 1 amide bonds. The second kappa shape index (κ2) is 6.67. The van der Waals surface area contributed by atoms with Crippen LogP contribution < -0.4 is 0 Å². The maximum atomic E-state index is 13.9. The summed E-state index contributed by atoms with van der Waals surface area (Å²) < 4.78 is 7.01. The number of amides is 1. The Balaban J connectivity index is 1.30. The van der Waals surface area contributed by atoms with Crippen molar-refractivity contribution in [3.8, 4) is 5.75 Å². The van der Waals surface area contributed by atoms with E-state index in [4.69, 9.17) is 4.74 Å². The molecule has 2 N–H and O–H groups in total. The van der Waals surface area contributed by atoms with E-state index in [1.165, 1.54) is 12.8 Å². The number of carbonyl (C=O) groups excluding carboxylic acids is 1. The summed E-state index contributed by atoms with van der Waals surface area (Å²) in [5.41, 5.74) is 0.735. The summed E-state index contributed by atoms with van der Waals surface area (Å²) in [7, 11) is 0. The first-order valence-electron chi connectivity index (χ1n) is 13.3. The van der Waals surface area contributed by atoms with Gasteiger partial charge in [0, 0.05) is 30.1 Å². The molecule has 6 aliphatic rings. The van der Waals surface area contributed by atoms with E-state index in [9.17, 15) is 15.0 Å². The topological polar surface area (TPSA) is 73.2 Å². The highest BCUT2D eigenvalue weighted by Crippen LogP contribution is 2.73. The third-order valence-electron chi connectivity index (χ3n) is 10.4. The predicted octanol–water partition coefficient (Wildman–Crippen LogP) is 2.95. The number of piperidine rings is 1. The number of nitrogens with zero attached hydrogens (tertiary/aromatic N) is 2. The SMILES string of the molecule is O=C1[C@H]2OC34CCC(O)(C2C32CCN(CC3CC3)C4Cc3cccc(O)c32)N1Cc1ccccc1. The van der Waals surface area contributed by atoms with Gasteiger partial charge in [0.2, 0.25) is 0 Å². The van der Waals surface area contributed by atoms with Crippen LogP contribution in [-0.2, 0) is 27.9 Å². The van der Waals surface area contributed by atoms with E-state index >= 15 is 0 Å². The van der Waals surface area contributed by atoms with Gasteiger partial charge in [0.1, 0.15) is 17.6 Å². The van der Waals surface area contributed by atoms with E-state index in [2.05, 4.69) is 11.0 Å². The van der Waals surface area contributed by atoms with Crippen LogP contribution in [0, 0.1) is 11.8 Å². The van der Waals surface area contributed by atoms with Crippen molar-refractivity contribution in [1.82, 2.24) is 9.80 Å². The zero-order valence-electron chi connectivity index (χ0n) is 19.9. The van der Waals surface area contributed by atoms with Gasteiger partial charge in [0.05, 0.1) is 11.5 Å². The molecule has 5 fully saturated rings. The van der Waals surface area contributed by atoms with E-state index in [1.807, 2.05) is 36.4 Å². The van der Waals surface area contributed by atoms with E-state index in [0.717, 1.165) is 48.5 Å². The lowest BCUT2D eigenvalue weighted by Crippen LogP contribution is -2.76. The van der Waals surface area contributed by atoms with Gasteiger partial charge in [-0.2, -0.15) is 0 Å². The standard InChI is InChI=1S/C29H32N2O4/c32-21-8-4-7-20-15-22-28-11-12-29(34)25(27(28,23(20)21)13-14-30(22)16-19-9-10-19)24(35-28)26(33)31(29)17-18-5-2-1-3-6-18/h1-8,19,22,24-25,32,34H,9-17H2/t22?,24-,25?,27?,28?,29?/m0/s1. The normalized spacial score (nSPS) is 41.1. The average molecular weight is 473 g/mol. The molecule has 3 heterocycles. The number of phenolic OH excluding ortho intramolecular Hbond substituents is 1. The van der Waals surface area contributed by atoms with Crippen molar-refractivity contribution in [1.29, 1.82) is 0 Å². The van der Waals surface area contributed by atoms with Gasteiger partial charge in [-0.3, -0.25) is 9.69 Å². The number of phenols is 1. The smallest absolute Gasteiger partial charge is 0.254 e.